The molecule has 114 valence electrons. The average molecular weight is 279 g/mol. The third-order valence-electron chi connectivity index (χ3n) is 5.68. The van der Waals surface area contributed by atoms with Crippen LogP contribution in [0, 0.1) is 17.3 Å². The lowest BCUT2D eigenvalue weighted by Gasteiger charge is -2.46. The van der Waals surface area contributed by atoms with E-state index in [-0.39, 0.29) is 23.5 Å². The van der Waals surface area contributed by atoms with Gasteiger partial charge in [-0.3, -0.25) is 9.59 Å². The first kappa shape index (κ1) is 15.5. The van der Waals surface area contributed by atoms with E-state index >= 15 is 0 Å². The van der Waals surface area contributed by atoms with Crippen molar-refractivity contribution in [3.63, 3.8) is 0 Å². The Hall–Kier alpha value is -0.860. The number of carbonyl (C=O) groups is 2. The van der Waals surface area contributed by atoms with Crippen LogP contribution in [0.3, 0.4) is 0 Å². The van der Waals surface area contributed by atoms with Gasteiger partial charge in [-0.1, -0.05) is 38.5 Å². The minimum Gasteiger partial charge on any atom is -0.358 e. The van der Waals surface area contributed by atoms with Gasteiger partial charge in [-0.05, 0) is 44.4 Å². The molecule has 0 aromatic carbocycles. The van der Waals surface area contributed by atoms with Crippen molar-refractivity contribution in [2.45, 2.75) is 71.1 Å². The third kappa shape index (κ3) is 2.64. The number of ketones is 1. The quantitative estimate of drug-likeness (QED) is 0.801. The number of amides is 1. The van der Waals surface area contributed by atoms with Gasteiger partial charge in [0.25, 0.3) is 0 Å². The summed E-state index contributed by atoms with van der Waals surface area (Å²) in [6.45, 7) is 1.65. The van der Waals surface area contributed by atoms with E-state index < -0.39 is 5.41 Å². The molecule has 0 saturated heterocycles. The number of rotatable bonds is 4. The third-order valence-corrected chi connectivity index (χ3v) is 5.68. The van der Waals surface area contributed by atoms with Gasteiger partial charge in [-0.2, -0.15) is 0 Å². The summed E-state index contributed by atoms with van der Waals surface area (Å²) < 4.78 is 0. The van der Waals surface area contributed by atoms with Gasteiger partial charge in [-0.15, -0.1) is 0 Å². The van der Waals surface area contributed by atoms with Crippen LogP contribution in [0.2, 0.25) is 0 Å². The second-order valence-corrected chi connectivity index (χ2v) is 6.67. The van der Waals surface area contributed by atoms with E-state index in [9.17, 15) is 9.59 Å². The molecule has 3 heteroatoms. The zero-order valence-corrected chi connectivity index (χ0v) is 13.0. The van der Waals surface area contributed by atoms with Crippen LogP contribution >= 0.6 is 0 Å². The highest BCUT2D eigenvalue weighted by Crippen LogP contribution is 2.49. The molecule has 2 saturated carbocycles. The molecular weight excluding hydrogens is 250 g/mol. The van der Waals surface area contributed by atoms with Crippen molar-refractivity contribution >= 4 is 11.7 Å². The maximum absolute atomic E-state index is 12.7. The molecule has 2 aliphatic carbocycles. The smallest absolute Gasteiger partial charge is 0.233 e. The van der Waals surface area contributed by atoms with Gasteiger partial charge in [-0.25, -0.2) is 0 Å². The predicted octanol–water partition coefficient (Wildman–Crippen LogP) is 3.47. The topological polar surface area (TPSA) is 46.2 Å². The van der Waals surface area contributed by atoms with E-state index in [4.69, 9.17) is 0 Å². The Balaban J connectivity index is 2.37. The first-order valence-electron chi connectivity index (χ1n) is 8.37. The summed E-state index contributed by atoms with van der Waals surface area (Å²) >= 11 is 0. The van der Waals surface area contributed by atoms with Crippen molar-refractivity contribution in [3.05, 3.63) is 0 Å². The average Bonchev–Trinajstić information content (AvgIpc) is 2.49. The Bertz CT molecular complexity index is 334. The molecule has 0 unspecified atom stereocenters. The summed E-state index contributed by atoms with van der Waals surface area (Å²) in [5, 5.41) is 2.82. The lowest BCUT2D eigenvalue weighted by Crippen LogP contribution is -2.55. The van der Waals surface area contributed by atoms with Crippen molar-refractivity contribution in [2.75, 3.05) is 7.05 Å². The van der Waals surface area contributed by atoms with E-state index in [1.807, 2.05) is 0 Å². The molecule has 20 heavy (non-hydrogen) atoms. The van der Waals surface area contributed by atoms with E-state index in [1.54, 1.807) is 14.0 Å². The summed E-state index contributed by atoms with van der Waals surface area (Å²) in [4.78, 5) is 25.3. The van der Waals surface area contributed by atoms with Crippen molar-refractivity contribution < 1.29 is 9.59 Å². The molecular formula is C17H29NO2. The number of hydrogen-bond acceptors (Lipinski definition) is 2. The Morgan fingerprint density at radius 1 is 0.850 bits per heavy atom. The molecule has 0 spiro atoms. The molecule has 2 rings (SSSR count). The number of carbonyl (C=O) groups excluding carboxylic acids is 2. The Labute approximate surface area is 122 Å². The molecule has 3 nitrogen and oxygen atoms in total. The Morgan fingerprint density at radius 3 is 1.55 bits per heavy atom. The lowest BCUT2D eigenvalue weighted by atomic mass is 9.56. The van der Waals surface area contributed by atoms with Gasteiger partial charge in [0.1, 0.15) is 11.2 Å². The van der Waals surface area contributed by atoms with Crippen LogP contribution in [-0.4, -0.2) is 18.7 Å². The summed E-state index contributed by atoms with van der Waals surface area (Å²) in [7, 11) is 1.69. The molecule has 0 radical (unpaired) electrons. The minimum atomic E-state index is -0.740. The van der Waals surface area contributed by atoms with Gasteiger partial charge in [0.05, 0.1) is 0 Å². The number of hydrogen-bond donors (Lipinski definition) is 1. The molecule has 1 amide bonds. The number of Topliss-reactive ketones (excluding diaryl/α,β-unsaturated/α-hetero) is 1. The highest BCUT2D eigenvalue weighted by Gasteiger charge is 2.54. The maximum atomic E-state index is 12.7. The maximum Gasteiger partial charge on any atom is 0.233 e. The van der Waals surface area contributed by atoms with Gasteiger partial charge < -0.3 is 5.32 Å². The summed E-state index contributed by atoms with van der Waals surface area (Å²) in [5.41, 5.74) is -0.740. The molecule has 0 aromatic rings. The second kappa shape index (κ2) is 6.73. The SMILES string of the molecule is CNC(=O)C(C(C)=O)(C1CCCCC1)C1CCCCC1. The first-order chi connectivity index (χ1) is 9.64. The van der Waals surface area contributed by atoms with Gasteiger partial charge in [0.15, 0.2) is 0 Å². The van der Waals surface area contributed by atoms with E-state index in [1.165, 1.54) is 38.5 Å². The minimum absolute atomic E-state index is 0.0104. The van der Waals surface area contributed by atoms with Crippen molar-refractivity contribution in [1.82, 2.24) is 5.32 Å². The van der Waals surface area contributed by atoms with Crippen LogP contribution in [0.5, 0.6) is 0 Å². The van der Waals surface area contributed by atoms with E-state index in [0.29, 0.717) is 0 Å². The van der Waals surface area contributed by atoms with Crippen LogP contribution in [0.15, 0.2) is 0 Å². The standard InChI is InChI=1S/C17H29NO2/c1-13(19)17(16(20)18-2,14-9-5-3-6-10-14)15-11-7-4-8-12-15/h14-15H,3-12H2,1-2H3,(H,18,20). The zero-order valence-electron chi connectivity index (χ0n) is 13.0. The molecule has 0 aliphatic heterocycles. The predicted molar refractivity (Wildman–Crippen MR) is 80.3 cm³/mol. The zero-order chi connectivity index (χ0) is 14.6. The second-order valence-electron chi connectivity index (χ2n) is 6.67. The summed E-state index contributed by atoms with van der Waals surface area (Å²) in [6, 6.07) is 0. The Morgan fingerprint density at radius 2 is 1.25 bits per heavy atom. The monoisotopic (exact) mass is 279 g/mol. The van der Waals surface area contributed by atoms with E-state index in [2.05, 4.69) is 5.32 Å². The fourth-order valence-corrected chi connectivity index (χ4v) is 4.76. The summed E-state index contributed by atoms with van der Waals surface area (Å²) in [5.74, 6) is 0.619. The molecule has 0 heterocycles. The van der Waals surface area contributed by atoms with E-state index in [0.717, 1.165) is 25.7 Å². The van der Waals surface area contributed by atoms with Gasteiger partial charge >= 0.3 is 0 Å². The lowest BCUT2D eigenvalue weighted by molar-refractivity contribution is -0.152. The van der Waals surface area contributed by atoms with Crippen molar-refractivity contribution in [1.29, 1.82) is 0 Å². The van der Waals surface area contributed by atoms with Gasteiger partial charge in [0.2, 0.25) is 5.91 Å². The van der Waals surface area contributed by atoms with Crippen molar-refractivity contribution in [2.24, 2.45) is 17.3 Å². The highest BCUT2D eigenvalue weighted by molar-refractivity contribution is 6.05. The normalized spacial score (nSPS) is 22.5. The van der Waals surface area contributed by atoms with Crippen LogP contribution in [0.4, 0.5) is 0 Å². The fraction of sp³-hybridized carbons (Fsp3) is 0.882. The van der Waals surface area contributed by atoms with Crippen LogP contribution < -0.4 is 5.32 Å². The first-order valence-corrected chi connectivity index (χ1v) is 8.37. The molecule has 0 aromatic heterocycles. The van der Waals surface area contributed by atoms with Crippen molar-refractivity contribution in [3.8, 4) is 0 Å². The largest absolute Gasteiger partial charge is 0.358 e. The molecule has 0 atom stereocenters. The van der Waals surface area contributed by atoms with Crippen LogP contribution in [-0.2, 0) is 9.59 Å². The van der Waals surface area contributed by atoms with Gasteiger partial charge in [0, 0.05) is 7.05 Å². The Kier molecular flexibility index (Phi) is 5.22. The number of nitrogens with one attached hydrogen (secondary N) is 1. The molecule has 2 aliphatic rings. The summed E-state index contributed by atoms with van der Waals surface area (Å²) in [6.07, 6.45) is 11.4. The van der Waals surface area contributed by atoms with Crippen LogP contribution in [0.1, 0.15) is 71.1 Å². The molecule has 1 N–H and O–H groups in total. The molecule has 0 bridgehead atoms. The highest BCUT2D eigenvalue weighted by atomic mass is 16.2. The van der Waals surface area contributed by atoms with Crippen LogP contribution in [0.25, 0.3) is 0 Å². The fourth-order valence-electron chi connectivity index (χ4n) is 4.76. The molecule has 2 fully saturated rings.